The number of anilines is 1. The van der Waals surface area contributed by atoms with Crippen LogP contribution in [0.5, 0.6) is 0 Å². The Bertz CT molecular complexity index is 639. The van der Waals surface area contributed by atoms with Gasteiger partial charge < -0.3 is 10.4 Å². The van der Waals surface area contributed by atoms with Crippen molar-refractivity contribution in [1.29, 1.82) is 0 Å². The van der Waals surface area contributed by atoms with E-state index < -0.39 is 10.7 Å². The summed E-state index contributed by atoms with van der Waals surface area (Å²) in [6.07, 6.45) is 3.46. The number of hydrogen-bond donors (Lipinski definition) is 2. The van der Waals surface area contributed by atoms with Crippen molar-refractivity contribution in [2.75, 3.05) is 12.4 Å². The zero-order valence-electron chi connectivity index (χ0n) is 12.3. The predicted octanol–water partition coefficient (Wildman–Crippen LogP) is 3.75. The Balaban J connectivity index is 2.38. The molecular formula is C16H18N2O2S. The first kappa shape index (κ1) is 15.4. The van der Waals surface area contributed by atoms with Crippen LogP contribution in [0.25, 0.3) is 11.1 Å². The van der Waals surface area contributed by atoms with Crippen LogP contribution in [0.15, 0.2) is 47.6 Å². The number of pyridine rings is 1. The Hall–Kier alpha value is -2.01. The fourth-order valence-electron chi connectivity index (χ4n) is 1.82. The van der Waals surface area contributed by atoms with E-state index in [1.807, 2.05) is 37.4 Å². The number of nitrogens with zero attached hydrogens (tertiary/aromatic N) is 1. The molecule has 1 aromatic carbocycles. The zero-order valence-corrected chi connectivity index (χ0v) is 13.1. The molecule has 0 bridgehead atoms. The van der Waals surface area contributed by atoms with E-state index >= 15 is 0 Å². The summed E-state index contributed by atoms with van der Waals surface area (Å²) in [6, 6.07) is 9.83. The third kappa shape index (κ3) is 3.55. The van der Waals surface area contributed by atoms with Gasteiger partial charge in [-0.25, -0.2) is 0 Å². The number of carboxylic acids is 1. The van der Waals surface area contributed by atoms with Crippen LogP contribution >= 0.6 is 11.8 Å². The smallest absolute Gasteiger partial charge is 0.319 e. The van der Waals surface area contributed by atoms with E-state index in [4.69, 9.17) is 0 Å². The second-order valence-electron chi connectivity index (χ2n) is 5.12. The van der Waals surface area contributed by atoms with Crippen molar-refractivity contribution in [3.63, 3.8) is 0 Å². The summed E-state index contributed by atoms with van der Waals surface area (Å²) in [6.45, 7) is 3.41. The molecule has 110 valence electrons. The van der Waals surface area contributed by atoms with Gasteiger partial charge in [-0.05, 0) is 37.6 Å². The fourth-order valence-corrected chi connectivity index (χ4v) is 2.87. The number of nitrogens with one attached hydrogen (secondary N) is 1. The van der Waals surface area contributed by atoms with Crippen molar-refractivity contribution in [3.8, 4) is 11.1 Å². The van der Waals surface area contributed by atoms with E-state index in [9.17, 15) is 9.90 Å². The minimum Gasteiger partial charge on any atom is -0.480 e. The third-order valence-corrected chi connectivity index (χ3v) is 4.41. The molecule has 0 aliphatic heterocycles. The molecule has 2 aromatic rings. The normalized spacial score (nSPS) is 11.2. The first-order valence-corrected chi connectivity index (χ1v) is 7.40. The number of aliphatic carboxylic acids is 1. The highest BCUT2D eigenvalue weighted by Gasteiger charge is 2.29. The molecule has 0 saturated carbocycles. The monoisotopic (exact) mass is 302 g/mol. The standard InChI is InChI=1S/C16H18N2O2S/c1-16(2,15(19)20)21-14-8-9-18-10-13(14)11-4-6-12(17-3)7-5-11/h4-10,17H,1-3H3,(H,19,20). The summed E-state index contributed by atoms with van der Waals surface area (Å²) in [5.41, 5.74) is 2.99. The minimum atomic E-state index is -0.888. The summed E-state index contributed by atoms with van der Waals surface area (Å²) in [5.74, 6) is -0.833. The lowest BCUT2D eigenvalue weighted by Gasteiger charge is -2.20. The Kier molecular flexibility index (Phi) is 4.53. The van der Waals surface area contributed by atoms with E-state index in [2.05, 4.69) is 10.3 Å². The minimum absolute atomic E-state index is 0.833. The van der Waals surface area contributed by atoms with Gasteiger partial charge in [-0.3, -0.25) is 9.78 Å². The van der Waals surface area contributed by atoms with Crippen molar-refractivity contribution >= 4 is 23.4 Å². The van der Waals surface area contributed by atoms with Crippen molar-refractivity contribution in [3.05, 3.63) is 42.7 Å². The lowest BCUT2D eigenvalue weighted by atomic mass is 10.1. The lowest BCUT2D eigenvalue weighted by molar-refractivity contribution is -0.138. The number of rotatable bonds is 5. The first-order chi connectivity index (χ1) is 9.94. The highest BCUT2D eigenvalue weighted by Crippen LogP contribution is 2.38. The molecule has 4 nitrogen and oxygen atoms in total. The number of benzene rings is 1. The van der Waals surface area contributed by atoms with Crippen LogP contribution < -0.4 is 5.32 Å². The van der Waals surface area contributed by atoms with Crippen LogP contribution in [0.1, 0.15) is 13.8 Å². The highest BCUT2D eigenvalue weighted by atomic mass is 32.2. The molecule has 2 N–H and O–H groups in total. The van der Waals surface area contributed by atoms with Crippen LogP contribution in [-0.2, 0) is 4.79 Å². The largest absolute Gasteiger partial charge is 0.480 e. The molecule has 0 radical (unpaired) electrons. The van der Waals surface area contributed by atoms with E-state index in [0.29, 0.717) is 0 Å². The predicted molar refractivity (Wildman–Crippen MR) is 86.8 cm³/mol. The Morgan fingerprint density at radius 1 is 1.24 bits per heavy atom. The lowest BCUT2D eigenvalue weighted by Crippen LogP contribution is -2.27. The Morgan fingerprint density at radius 3 is 2.48 bits per heavy atom. The fraction of sp³-hybridized carbons (Fsp3) is 0.250. The van der Waals surface area contributed by atoms with Crippen molar-refractivity contribution in [2.45, 2.75) is 23.5 Å². The topological polar surface area (TPSA) is 62.2 Å². The van der Waals surface area contributed by atoms with Gasteiger partial charge in [0.05, 0.1) is 0 Å². The van der Waals surface area contributed by atoms with Crippen LogP contribution in [-0.4, -0.2) is 27.9 Å². The molecule has 1 aromatic heterocycles. The maximum atomic E-state index is 11.3. The molecule has 0 saturated heterocycles. The maximum Gasteiger partial charge on any atom is 0.319 e. The second-order valence-corrected chi connectivity index (χ2v) is 6.78. The van der Waals surface area contributed by atoms with Crippen LogP contribution in [0.3, 0.4) is 0 Å². The summed E-state index contributed by atoms with van der Waals surface area (Å²) in [5, 5.41) is 12.4. The number of thioether (sulfide) groups is 1. The van der Waals surface area contributed by atoms with Gasteiger partial charge in [0.25, 0.3) is 0 Å². The van der Waals surface area contributed by atoms with Crippen LogP contribution in [0, 0.1) is 0 Å². The molecule has 2 rings (SSSR count). The van der Waals surface area contributed by atoms with Gasteiger partial charge in [0.2, 0.25) is 0 Å². The van der Waals surface area contributed by atoms with Crippen LogP contribution in [0.2, 0.25) is 0 Å². The number of hydrogen-bond acceptors (Lipinski definition) is 4. The molecule has 0 spiro atoms. The summed E-state index contributed by atoms with van der Waals surface area (Å²) >= 11 is 1.33. The average molecular weight is 302 g/mol. The number of aromatic nitrogens is 1. The Morgan fingerprint density at radius 2 is 1.90 bits per heavy atom. The molecule has 0 aliphatic rings. The van der Waals surface area contributed by atoms with Gasteiger partial charge in [-0.2, -0.15) is 0 Å². The molecular weight excluding hydrogens is 284 g/mol. The summed E-state index contributed by atoms with van der Waals surface area (Å²) in [7, 11) is 1.87. The molecule has 0 unspecified atom stereocenters. The van der Waals surface area contributed by atoms with Crippen molar-refractivity contribution in [2.24, 2.45) is 0 Å². The third-order valence-electron chi connectivity index (χ3n) is 3.15. The first-order valence-electron chi connectivity index (χ1n) is 6.58. The van der Waals surface area contributed by atoms with Crippen molar-refractivity contribution in [1.82, 2.24) is 4.98 Å². The second kappa shape index (κ2) is 6.18. The van der Waals surface area contributed by atoms with E-state index in [0.717, 1.165) is 21.7 Å². The molecule has 0 amide bonds. The molecule has 21 heavy (non-hydrogen) atoms. The molecule has 0 aliphatic carbocycles. The summed E-state index contributed by atoms with van der Waals surface area (Å²) in [4.78, 5) is 16.4. The molecule has 5 heteroatoms. The van der Waals surface area contributed by atoms with Gasteiger partial charge in [0, 0.05) is 35.6 Å². The van der Waals surface area contributed by atoms with Gasteiger partial charge >= 0.3 is 5.97 Å². The molecule has 0 fully saturated rings. The summed E-state index contributed by atoms with van der Waals surface area (Å²) < 4.78 is -0.888. The number of carbonyl (C=O) groups is 1. The molecule has 0 atom stereocenters. The van der Waals surface area contributed by atoms with Gasteiger partial charge in [-0.15, -0.1) is 11.8 Å². The SMILES string of the molecule is CNc1ccc(-c2cnccc2SC(C)(C)C(=O)O)cc1. The van der Waals surface area contributed by atoms with Gasteiger partial charge in [0.1, 0.15) is 4.75 Å². The molecule has 1 heterocycles. The van der Waals surface area contributed by atoms with E-state index in [1.54, 1.807) is 26.2 Å². The van der Waals surface area contributed by atoms with E-state index in [-0.39, 0.29) is 0 Å². The van der Waals surface area contributed by atoms with E-state index in [1.165, 1.54) is 11.8 Å². The Labute approximate surface area is 128 Å². The van der Waals surface area contributed by atoms with Gasteiger partial charge in [0.15, 0.2) is 0 Å². The quantitative estimate of drug-likeness (QED) is 0.824. The highest BCUT2D eigenvalue weighted by molar-refractivity contribution is 8.01. The average Bonchev–Trinajstić information content (AvgIpc) is 2.47. The maximum absolute atomic E-state index is 11.3. The van der Waals surface area contributed by atoms with Crippen LogP contribution in [0.4, 0.5) is 5.69 Å². The van der Waals surface area contributed by atoms with Crippen molar-refractivity contribution < 1.29 is 9.90 Å². The number of carboxylic acid groups (broad SMARTS) is 1. The zero-order chi connectivity index (χ0) is 15.5. The van der Waals surface area contributed by atoms with Gasteiger partial charge in [-0.1, -0.05) is 12.1 Å².